The second-order valence-electron chi connectivity index (χ2n) is 6.08. The third-order valence-electron chi connectivity index (χ3n) is 4.18. The minimum atomic E-state index is -0.411. The molecule has 116 valence electrons. The fourth-order valence-electron chi connectivity index (χ4n) is 2.93. The summed E-state index contributed by atoms with van der Waals surface area (Å²) in [5, 5.41) is 0. The van der Waals surface area contributed by atoms with Crippen molar-refractivity contribution in [3.63, 3.8) is 0 Å². The number of nitrogens with one attached hydrogen (secondary N) is 1. The van der Waals surface area contributed by atoms with Crippen LogP contribution < -0.4 is 11.2 Å². The number of hydrogen-bond donors (Lipinski definition) is 1. The highest BCUT2D eigenvalue weighted by Gasteiger charge is 2.19. The maximum atomic E-state index is 12.2. The minimum Gasteiger partial charge on any atom is -0.324 e. The van der Waals surface area contributed by atoms with Gasteiger partial charge in [0.15, 0.2) is 11.2 Å². The number of rotatable bonds is 3. The van der Waals surface area contributed by atoms with E-state index in [9.17, 15) is 9.59 Å². The number of hydrogen-bond acceptors (Lipinski definition) is 3. The highest BCUT2D eigenvalue weighted by atomic mass is 16.2. The van der Waals surface area contributed by atoms with Crippen molar-refractivity contribution < 1.29 is 0 Å². The van der Waals surface area contributed by atoms with Crippen molar-refractivity contribution in [2.24, 2.45) is 11.8 Å². The van der Waals surface area contributed by atoms with Gasteiger partial charge in [-0.3, -0.25) is 14.3 Å². The van der Waals surface area contributed by atoms with Crippen LogP contribution in [0.5, 0.6) is 0 Å². The molecule has 0 amide bonds. The van der Waals surface area contributed by atoms with E-state index in [1.807, 2.05) is 30.6 Å². The maximum absolute atomic E-state index is 12.2. The summed E-state index contributed by atoms with van der Waals surface area (Å²) in [5.74, 6) is 0.707. The molecule has 0 saturated carbocycles. The molecule has 22 heavy (non-hydrogen) atoms. The van der Waals surface area contributed by atoms with Crippen molar-refractivity contribution in [3.8, 4) is 0 Å². The summed E-state index contributed by atoms with van der Waals surface area (Å²) in [4.78, 5) is 30.9. The molecule has 1 N–H and O–H groups in total. The van der Waals surface area contributed by atoms with Crippen molar-refractivity contribution in [2.75, 3.05) is 0 Å². The van der Waals surface area contributed by atoms with Gasteiger partial charge in [0.05, 0.1) is 6.33 Å². The summed E-state index contributed by atoms with van der Waals surface area (Å²) >= 11 is 0. The van der Waals surface area contributed by atoms with E-state index >= 15 is 0 Å². The number of nitrogens with zero attached hydrogens (tertiary/aromatic N) is 3. The van der Waals surface area contributed by atoms with E-state index in [0.29, 0.717) is 29.5 Å². The van der Waals surface area contributed by atoms with Gasteiger partial charge in [-0.05, 0) is 19.8 Å². The van der Waals surface area contributed by atoms with Gasteiger partial charge in [0, 0.05) is 18.5 Å². The van der Waals surface area contributed by atoms with E-state index in [4.69, 9.17) is 0 Å². The molecule has 1 aliphatic carbocycles. The molecule has 2 unspecified atom stereocenters. The lowest BCUT2D eigenvalue weighted by atomic mass is 9.90. The first-order chi connectivity index (χ1) is 10.5. The monoisotopic (exact) mass is 300 g/mol. The molecule has 3 rings (SSSR count). The number of aromatic nitrogens is 4. The van der Waals surface area contributed by atoms with Crippen molar-refractivity contribution in [1.29, 1.82) is 0 Å². The molecule has 2 aromatic rings. The van der Waals surface area contributed by atoms with Crippen LogP contribution in [0.1, 0.15) is 26.8 Å². The second kappa shape index (κ2) is 5.44. The van der Waals surface area contributed by atoms with E-state index in [1.54, 1.807) is 6.33 Å². The highest BCUT2D eigenvalue weighted by Crippen LogP contribution is 2.22. The van der Waals surface area contributed by atoms with Gasteiger partial charge in [0.2, 0.25) is 0 Å². The largest absolute Gasteiger partial charge is 0.330 e. The highest BCUT2D eigenvalue weighted by molar-refractivity contribution is 5.70. The normalized spacial score (nSPS) is 21.1. The first-order valence-electron chi connectivity index (χ1n) is 7.53. The lowest BCUT2D eigenvalue weighted by molar-refractivity contribution is 0.440. The molecule has 0 saturated heterocycles. The molecule has 0 spiro atoms. The Morgan fingerprint density at radius 1 is 1.27 bits per heavy atom. The number of aromatic amines is 1. The van der Waals surface area contributed by atoms with E-state index in [2.05, 4.69) is 29.0 Å². The van der Waals surface area contributed by atoms with Crippen LogP contribution in [-0.2, 0) is 6.54 Å². The van der Waals surface area contributed by atoms with Crippen LogP contribution in [0.4, 0.5) is 0 Å². The fourth-order valence-corrected chi connectivity index (χ4v) is 2.93. The Balaban J connectivity index is 2.11. The fraction of sp³-hybridized carbons (Fsp3) is 0.438. The van der Waals surface area contributed by atoms with Crippen molar-refractivity contribution in [2.45, 2.75) is 33.4 Å². The summed E-state index contributed by atoms with van der Waals surface area (Å²) in [6.07, 6.45) is 10.0. The van der Waals surface area contributed by atoms with Gasteiger partial charge < -0.3 is 4.57 Å². The van der Waals surface area contributed by atoms with Gasteiger partial charge >= 0.3 is 5.69 Å². The zero-order valence-corrected chi connectivity index (χ0v) is 13.0. The molecule has 1 aliphatic rings. The number of fused-ring (bicyclic) bond motifs is 1. The number of imidazole rings is 1. The average Bonchev–Trinajstić information content (AvgIpc) is 2.85. The van der Waals surface area contributed by atoms with Crippen LogP contribution in [0.3, 0.4) is 0 Å². The SMILES string of the molecule is CC1C=CC=CC1Cn1cnc2c1c(=O)[nH]c(=O)n2C(C)C. The molecule has 0 aliphatic heterocycles. The maximum Gasteiger partial charge on any atom is 0.330 e. The first-order valence-corrected chi connectivity index (χ1v) is 7.53. The van der Waals surface area contributed by atoms with E-state index in [1.165, 1.54) is 4.57 Å². The first kappa shape index (κ1) is 14.6. The van der Waals surface area contributed by atoms with Gasteiger partial charge in [-0.2, -0.15) is 0 Å². The summed E-state index contributed by atoms with van der Waals surface area (Å²) in [6, 6.07) is -0.0633. The number of allylic oxidation sites excluding steroid dienone is 4. The third-order valence-corrected chi connectivity index (χ3v) is 4.18. The van der Waals surface area contributed by atoms with Crippen molar-refractivity contribution in [1.82, 2.24) is 19.1 Å². The smallest absolute Gasteiger partial charge is 0.324 e. The Morgan fingerprint density at radius 2 is 2.00 bits per heavy atom. The Morgan fingerprint density at radius 3 is 2.68 bits per heavy atom. The molecule has 0 bridgehead atoms. The van der Waals surface area contributed by atoms with Crippen LogP contribution in [0.2, 0.25) is 0 Å². The van der Waals surface area contributed by atoms with Crippen LogP contribution in [0, 0.1) is 11.8 Å². The molecule has 2 atom stereocenters. The second-order valence-corrected chi connectivity index (χ2v) is 6.08. The summed E-state index contributed by atoms with van der Waals surface area (Å²) in [7, 11) is 0. The van der Waals surface area contributed by atoms with Crippen LogP contribution in [-0.4, -0.2) is 19.1 Å². The predicted octanol–water partition coefficient (Wildman–Crippen LogP) is 1.85. The summed E-state index contributed by atoms with van der Waals surface area (Å²) < 4.78 is 3.37. The lowest BCUT2D eigenvalue weighted by Gasteiger charge is -2.21. The van der Waals surface area contributed by atoms with E-state index in [0.717, 1.165) is 0 Å². The molecule has 2 aromatic heterocycles. The Hall–Kier alpha value is -2.37. The average molecular weight is 300 g/mol. The zero-order valence-electron chi connectivity index (χ0n) is 13.0. The van der Waals surface area contributed by atoms with Gasteiger partial charge in [-0.1, -0.05) is 31.2 Å². The molecule has 6 heteroatoms. The van der Waals surface area contributed by atoms with Gasteiger partial charge in [0.1, 0.15) is 0 Å². The van der Waals surface area contributed by atoms with Gasteiger partial charge in [0.25, 0.3) is 5.56 Å². The molecule has 0 fully saturated rings. The molecular weight excluding hydrogens is 280 g/mol. The summed E-state index contributed by atoms with van der Waals surface area (Å²) in [6.45, 7) is 6.61. The molecule has 6 nitrogen and oxygen atoms in total. The minimum absolute atomic E-state index is 0.0633. The lowest BCUT2D eigenvalue weighted by Crippen LogP contribution is -2.32. The molecule has 0 aromatic carbocycles. The quantitative estimate of drug-likeness (QED) is 0.940. The van der Waals surface area contributed by atoms with Crippen molar-refractivity contribution >= 4 is 11.2 Å². The molecule has 0 radical (unpaired) electrons. The zero-order chi connectivity index (χ0) is 15.9. The molecule has 2 heterocycles. The van der Waals surface area contributed by atoms with E-state index < -0.39 is 5.69 Å². The Bertz CT molecular complexity index is 866. The summed E-state index contributed by atoms with van der Waals surface area (Å²) in [5.41, 5.74) is 0.124. The Labute approximate surface area is 127 Å². The van der Waals surface area contributed by atoms with Crippen LogP contribution in [0.15, 0.2) is 40.2 Å². The van der Waals surface area contributed by atoms with Crippen LogP contribution in [0.25, 0.3) is 11.2 Å². The number of H-pyrrole nitrogens is 1. The standard InChI is InChI=1S/C16H20N4O2/c1-10(2)20-14-13(15(21)18-16(20)22)19(9-17-14)8-12-7-5-4-6-11(12)3/h4-7,9-12H,8H2,1-3H3,(H,18,21,22). The van der Waals surface area contributed by atoms with Gasteiger partial charge in [-0.15, -0.1) is 0 Å². The van der Waals surface area contributed by atoms with Gasteiger partial charge in [-0.25, -0.2) is 9.78 Å². The Kier molecular flexibility index (Phi) is 3.60. The van der Waals surface area contributed by atoms with Crippen molar-refractivity contribution in [3.05, 3.63) is 51.5 Å². The third kappa shape index (κ3) is 2.34. The topological polar surface area (TPSA) is 72.7 Å². The van der Waals surface area contributed by atoms with Crippen LogP contribution >= 0.6 is 0 Å². The molecular formula is C16H20N4O2. The van der Waals surface area contributed by atoms with E-state index in [-0.39, 0.29) is 11.6 Å². The predicted molar refractivity (Wildman–Crippen MR) is 85.9 cm³/mol.